The molecule has 0 saturated carbocycles. The van der Waals surface area contributed by atoms with Gasteiger partial charge in [-0.1, -0.05) is 11.8 Å². The molecule has 0 aliphatic heterocycles. The third kappa shape index (κ3) is 2.88. The van der Waals surface area contributed by atoms with Crippen LogP contribution in [0.15, 0.2) is 24.3 Å². The Kier molecular flexibility index (Phi) is 3.65. The average Bonchev–Trinajstić information content (AvgIpc) is 2.19. The number of aliphatic hydroxyl groups is 1. The van der Waals surface area contributed by atoms with Gasteiger partial charge < -0.3 is 5.11 Å². The Morgan fingerprint density at radius 2 is 2.00 bits per heavy atom. The van der Waals surface area contributed by atoms with Crippen LogP contribution in [0.4, 0.5) is 5.69 Å². The molecule has 0 radical (unpaired) electrons. The molecular formula is C10H9NO3. The van der Waals surface area contributed by atoms with Crippen molar-refractivity contribution in [3.05, 3.63) is 39.9 Å². The van der Waals surface area contributed by atoms with Crippen molar-refractivity contribution in [3.63, 3.8) is 0 Å². The Morgan fingerprint density at radius 3 is 2.50 bits per heavy atom. The molecule has 0 spiro atoms. The molecule has 0 heterocycles. The normalized spacial score (nSPS) is 8.93. The fourth-order valence-electron chi connectivity index (χ4n) is 0.887. The van der Waals surface area contributed by atoms with E-state index in [0.717, 1.165) is 0 Å². The first kappa shape index (κ1) is 10.2. The van der Waals surface area contributed by atoms with Crippen molar-refractivity contribution in [2.75, 3.05) is 6.61 Å². The summed E-state index contributed by atoms with van der Waals surface area (Å²) in [4.78, 5) is 9.86. The number of nitrogens with zero attached hydrogens (tertiary/aromatic N) is 1. The summed E-state index contributed by atoms with van der Waals surface area (Å²) in [5, 5.41) is 18.8. The highest BCUT2D eigenvalue weighted by molar-refractivity contribution is 5.40. The van der Waals surface area contributed by atoms with Gasteiger partial charge in [0.15, 0.2) is 0 Å². The Hall–Kier alpha value is -1.86. The first-order valence-electron chi connectivity index (χ1n) is 4.08. The summed E-state index contributed by atoms with van der Waals surface area (Å²) in [7, 11) is 0. The molecule has 0 aromatic heterocycles. The summed E-state index contributed by atoms with van der Waals surface area (Å²) in [5.41, 5.74) is 0.766. The molecule has 0 amide bonds. The Balaban J connectivity index is 2.75. The van der Waals surface area contributed by atoms with E-state index < -0.39 is 4.92 Å². The molecule has 14 heavy (non-hydrogen) atoms. The minimum absolute atomic E-state index is 0.0278. The van der Waals surface area contributed by atoms with Gasteiger partial charge in [0.25, 0.3) is 5.69 Å². The highest BCUT2D eigenvalue weighted by atomic mass is 16.6. The zero-order valence-corrected chi connectivity index (χ0v) is 7.43. The van der Waals surface area contributed by atoms with Gasteiger partial charge in [0.1, 0.15) is 0 Å². The van der Waals surface area contributed by atoms with Crippen LogP contribution in [0.25, 0.3) is 0 Å². The van der Waals surface area contributed by atoms with Gasteiger partial charge in [0, 0.05) is 24.1 Å². The SMILES string of the molecule is O=[N+]([O-])c1ccc(C#CCCO)cc1. The van der Waals surface area contributed by atoms with Crippen molar-refractivity contribution < 1.29 is 10.0 Å². The van der Waals surface area contributed by atoms with Gasteiger partial charge in [0.2, 0.25) is 0 Å². The van der Waals surface area contributed by atoms with Crippen LogP contribution in [-0.4, -0.2) is 16.6 Å². The molecule has 0 fully saturated rings. The molecule has 0 aliphatic rings. The first-order valence-corrected chi connectivity index (χ1v) is 4.08. The second kappa shape index (κ2) is 5.00. The highest BCUT2D eigenvalue weighted by Gasteiger charge is 2.01. The summed E-state index contributed by atoms with van der Waals surface area (Å²) in [6.45, 7) is 0.0278. The van der Waals surface area contributed by atoms with E-state index in [1.165, 1.54) is 12.1 Å². The van der Waals surface area contributed by atoms with Crippen LogP contribution in [0.2, 0.25) is 0 Å². The van der Waals surface area contributed by atoms with Crippen LogP contribution >= 0.6 is 0 Å². The second-order valence-electron chi connectivity index (χ2n) is 2.58. The number of aliphatic hydroxyl groups excluding tert-OH is 1. The fraction of sp³-hybridized carbons (Fsp3) is 0.200. The molecule has 0 saturated heterocycles. The fourth-order valence-corrected chi connectivity index (χ4v) is 0.887. The van der Waals surface area contributed by atoms with E-state index in [1.54, 1.807) is 12.1 Å². The standard InChI is InChI=1S/C10H9NO3/c12-8-2-1-3-9-4-6-10(7-5-9)11(13)14/h4-7,12H,2,8H2. The maximum atomic E-state index is 10.3. The van der Waals surface area contributed by atoms with E-state index in [4.69, 9.17) is 5.11 Å². The van der Waals surface area contributed by atoms with E-state index in [9.17, 15) is 10.1 Å². The minimum atomic E-state index is -0.453. The molecule has 4 heteroatoms. The van der Waals surface area contributed by atoms with Gasteiger partial charge in [-0.15, -0.1) is 0 Å². The Labute approximate surface area is 81.3 Å². The van der Waals surface area contributed by atoms with Gasteiger partial charge in [-0.25, -0.2) is 0 Å². The zero-order chi connectivity index (χ0) is 10.4. The van der Waals surface area contributed by atoms with Crippen LogP contribution in [0.1, 0.15) is 12.0 Å². The molecule has 0 bridgehead atoms. The van der Waals surface area contributed by atoms with E-state index in [0.29, 0.717) is 12.0 Å². The smallest absolute Gasteiger partial charge is 0.269 e. The highest BCUT2D eigenvalue weighted by Crippen LogP contribution is 2.10. The van der Waals surface area contributed by atoms with E-state index in [2.05, 4.69) is 11.8 Å². The molecule has 4 nitrogen and oxygen atoms in total. The van der Waals surface area contributed by atoms with E-state index >= 15 is 0 Å². The maximum Gasteiger partial charge on any atom is 0.269 e. The van der Waals surface area contributed by atoms with Crippen molar-refractivity contribution in [1.82, 2.24) is 0 Å². The molecular weight excluding hydrogens is 182 g/mol. The zero-order valence-electron chi connectivity index (χ0n) is 7.43. The van der Waals surface area contributed by atoms with Crippen molar-refractivity contribution in [2.45, 2.75) is 6.42 Å². The lowest BCUT2D eigenvalue weighted by molar-refractivity contribution is -0.384. The van der Waals surface area contributed by atoms with Crippen LogP contribution in [0, 0.1) is 22.0 Å². The number of rotatable bonds is 2. The van der Waals surface area contributed by atoms with E-state index in [-0.39, 0.29) is 12.3 Å². The molecule has 1 N–H and O–H groups in total. The first-order chi connectivity index (χ1) is 6.74. The van der Waals surface area contributed by atoms with Crippen LogP contribution in [-0.2, 0) is 0 Å². The second-order valence-corrected chi connectivity index (χ2v) is 2.58. The summed E-state index contributed by atoms with van der Waals surface area (Å²) in [6.07, 6.45) is 0.414. The van der Waals surface area contributed by atoms with Crippen LogP contribution in [0.3, 0.4) is 0 Å². The largest absolute Gasteiger partial charge is 0.395 e. The molecule has 0 aliphatic carbocycles. The minimum Gasteiger partial charge on any atom is -0.395 e. The molecule has 1 rings (SSSR count). The van der Waals surface area contributed by atoms with Crippen molar-refractivity contribution >= 4 is 5.69 Å². The van der Waals surface area contributed by atoms with Crippen LogP contribution in [0.5, 0.6) is 0 Å². The van der Waals surface area contributed by atoms with Gasteiger partial charge in [-0.05, 0) is 12.1 Å². The lowest BCUT2D eigenvalue weighted by Gasteiger charge is -1.90. The number of non-ortho nitro benzene ring substituents is 1. The molecule has 72 valence electrons. The average molecular weight is 191 g/mol. The van der Waals surface area contributed by atoms with Gasteiger partial charge in [0.05, 0.1) is 11.5 Å². The van der Waals surface area contributed by atoms with Crippen molar-refractivity contribution in [2.24, 2.45) is 0 Å². The molecule has 0 unspecified atom stereocenters. The third-order valence-corrected chi connectivity index (χ3v) is 1.55. The van der Waals surface area contributed by atoms with Gasteiger partial charge in [-0.3, -0.25) is 10.1 Å². The number of benzene rings is 1. The third-order valence-electron chi connectivity index (χ3n) is 1.55. The molecule has 0 atom stereocenters. The summed E-state index contributed by atoms with van der Waals surface area (Å²) < 4.78 is 0. The number of nitro benzene ring substituents is 1. The predicted octanol–water partition coefficient (Wildman–Crippen LogP) is 1.33. The van der Waals surface area contributed by atoms with Crippen molar-refractivity contribution in [1.29, 1.82) is 0 Å². The lowest BCUT2D eigenvalue weighted by atomic mass is 10.2. The van der Waals surface area contributed by atoms with Gasteiger partial charge >= 0.3 is 0 Å². The topological polar surface area (TPSA) is 63.4 Å². The lowest BCUT2D eigenvalue weighted by Crippen LogP contribution is -1.86. The predicted molar refractivity (Wildman–Crippen MR) is 51.7 cm³/mol. The van der Waals surface area contributed by atoms with Crippen LogP contribution < -0.4 is 0 Å². The van der Waals surface area contributed by atoms with Crippen molar-refractivity contribution in [3.8, 4) is 11.8 Å². The summed E-state index contributed by atoms with van der Waals surface area (Å²) in [5.74, 6) is 5.51. The van der Waals surface area contributed by atoms with Gasteiger partial charge in [-0.2, -0.15) is 0 Å². The quantitative estimate of drug-likeness (QED) is 0.435. The number of nitro groups is 1. The number of hydrogen-bond acceptors (Lipinski definition) is 3. The Morgan fingerprint density at radius 1 is 1.36 bits per heavy atom. The monoisotopic (exact) mass is 191 g/mol. The Bertz CT molecular complexity index is 373. The number of hydrogen-bond donors (Lipinski definition) is 1. The molecule has 1 aromatic rings. The molecule has 1 aromatic carbocycles. The summed E-state index contributed by atoms with van der Waals surface area (Å²) >= 11 is 0. The summed E-state index contributed by atoms with van der Waals surface area (Å²) in [6, 6.07) is 5.98. The van der Waals surface area contributed by atoms with E-state index in [1.807, 2.05) is 0 Å². The maximum absolute atomic E-state index is 10.3.